The van der Waals surface area contributed by atoms with Crippen molar-refractivity contribution in [2.24, 2.45) is 0 Å². The number of aromatic nitrogens is 3. The smallest absolute Gasteiger partial charge is 0.246 e. The molecule has 1 aliphatic rings. The third-order valence-corrected chi connectivity index (χ3v) is 7.05. The molecule has 180 valence electrons. The van der Waals surface area contributed by atoms with Crippen molar-refractivity contribution in [2.75, 3.05) is 30.3 Å². The van der Waals surface area contributed by atoms with Crippen LogP contribution in [0.5, 0.6) is 0 Å². The first-order valence-electron chi connectivity index (χ1n) is 12.2. The maximum absolute atomic E-state index is 6.09. The topological polar surface area (TPSA) is 74.1 Å². The number of nitrogen functional groups attached to an aromatic ring is 1. The van der Waals surface area contributed by atoms with Gasteiger partial charge in [-0.1, -0.05) is 78.3 Å². The zero-order valence-corrected chi connectivity index (χ0v) is 20.5. The number of hydrogen-bond donors (Lipinski definition) is 2. The van der Waals surface area contributed by atoms with E-state index in [1.807, 2.05) is 12.1 Å². The molecule has 4 aromatic rings. The Labute approximate surface area is 211 Å². The number of benzene rings is 3. The number of nitrogens with zero attached hydrogens (tertiary/aromatic N) is 4. The summed E-state index contributed by atoms with van der Waals surface area (Å²) in [5, 5.41) is 7.76. The standard InChI is InChI=1S/C28H31ClN6/c29-25-12-8-21(9-13-25)14-17-35(26-15-18-34(19-16-26)28-31-27(30)32-33-28)20-22-6-10-24(11-7-22)23-4-2-1-3-5-23/h1-13,26H,14-20H2,(H3,30,31,32,33). The van der Waals surface area contributed by atoms with Crippen molar-refractivity contribution in [3.63, 3.8) is 0 Å². The summed E-state index contributed by atoms with van der Waals surface area (Å²) in [5.74, 6) is 1.07. The second-order valence-electron chi connectivity index (χ2n) is 9.15. The zero-order valence-electron chi connectivity index (χ0n) is 19.8. The van der Waals surface area contributed by atoms with Crippen molar-refractivity contribution >= 4 is 23.5 Å². The van der Waals surface area contributed by atoms with Gasteiger partial charge in [-0.15, -0.1) is 5.10 Å². The van der Waals surface area contributed by atoms with Crippen molar-refractivity contribution in [2.45, 2.75) is 31.8 Å². The van der Waals surface area contributed by atoms with E-state index in [9.17, 15) is 0 Å². The summed E-state index contributed by atoms with van der Waals surface area (Å²) in [6.45, 7) is 3.78. The van der Waals surface area contributed by atoms with Crippen LogP contribution in [-0.2, 0) is 13.0 Å². The van der Waals surface area contributed by atoms with Gasteiger partial charge in [-0.3, -0.25) is 4.90 Å². The van der Waals surface area contributed by atoms with Crippen LogP contribution in [0.15, 0.2) is 78.9 Å². The first-order valence-corrected chi connectivity index (χ1v) is 12.6. The molecule has 5 rings (SSSR count). The Bertz CT molecular complexity index is 1200. The Morgan fingerprint density at radius 1 is 0.886 bits per heavy atom. The minimum atomic E-state index is 0.366. The van der Waals surface area contributed by atoms with Crippen molar-refractivity contribution in [3.8, 4) is 11.1 Å². The van der Waals surface area contributed by atoms with Crippen LogP contribution >= 0.6 is 11.6 Å². The highest BCUT2D eigenvalue weighted by atomic mass is 35.5. The second kappa shape index (κ2) is 10.9. The molecule has 6 nitrogen and oxygen atoms in total. The third kappa shape index (κ3) is 6.02. The van der Waals surface area contributed by atoms with Gasteiger partial charge in [0, 0.05) is 37.2 Å². The van der Waals surface area contributed by atoms with Gasteiger partial charge in [0.2, 0.25) is 11.9 Å². The van der Waals surface area contributed by atoms with Crippen molar-refractivity contribution in [3.05, 3.63) is 95.0 Å². The Balaban J connectivity index is 1.27. The molecule has 0 unspecified atom stereocenters. The van der Waals surface area contributed by atoms with Crippen LogP contribution in [0, 0.1) is 0 Å². The lowest BCUT2D eigenvalue weighted by molar-refractivity contribution is 0.162. The molecule has 0 saturated carbocycles. The first-order chi connectivity index (χ1) is 17.1. The van der Waals surface area contributed by atoms with E-state index in [0.717, 1.165) is 50.5 Å². The summed E-state index contributed by atoms with van der Waals surface area (Å²) in [4.78, 5) is 9.15. The lowest BCUT2D eigenvalue weighted by atomic mass is 10.00. The lowest BCUT2D eigenvalue weighted by Gasteiger charge is -2.38. The highest BCUT2D eigenvalue weighted by molar-refractivity contribution is 6.30. The van der Waals surface area contributed by atoms with Gasteiger partial charge in [-0.05, 0) is 53.6 Å². The van der Waals surface area contributed by atoms with Gasteiger partial charge in [0.15, 0.2) is 0 Å². The highest BCUT2D eigenvalue weighted by Crippen LogP contribution is 2.24. The summed E-state index contributed by atoms with van der Waals surface area (Å²) in [5.41, 5.74) is 10.9. The van der Waals surface area contributed by atoms with Gasteiger partial charge >= 0.3 is 0 Å². The maximum Gasteiger partial charge on any atom is 0.246 e. The fraction of sp³-hybridized carbons (Fsp3) is 0.286. The van der Waals surface area contributed by atoms with Gasteiger partial charge in [-0.2, -0.15) is 4.98 Å². The molecule has 0 bridgehead atoms. The van der Waals surface area contributed by atoms with Gasteiger partial charge in [0.05, 0.1) is 0 Å². The Morgan fingerprint density at radius 2 is 1.54 bits per heavy atom. The molecule has 0 amide bonds. The number of hydrogen-bond acceptors (Lipinski definition) is 5. The van der Waals surface area contributed by atoms with Crippen LogP contribution in [0.25, 0.3) is 11.1 Å². The number of H-pyrrole nitrogens is 1. The molecule has 0 aliphatic carbocycles. The fourth-order valence-electron chi connectivity index (χ4n) is 4.82. The number of piperidine rings is 1. The zero-order chi connectivity index (χ0) is 24.0. The Kier molecular flexibility index (Phi) is 7.31. The average Bonchev–Trinajstić information content (AvgIpc) is 3.35. The van der Waals surface area contributed by atoms with E-state index in [1.54, 1.807) is 0 Å². The van der Waals surface area contributed by atoms with Crippen LogP contribution in [-0.4, -0.2) is 45.8 Å². The molecule has 7 heteroatoms. The van der Waals surface area contributed by atoms with E-state index >= 15 is 0 Å². The van der Waals surface area contributed by atoms with Crippen LogP contribution in [0.4, 0.5) is 11.9 Å². The molecule has 2 heterocycles. The van der Waals surface area contributed by atoms with Crippen molar-refractivity contribution in [1.82, 2.24) is 20.1 Å². The SMILES string of the molecule is Nc1nc(N2CCC(N(CCc3ccc(Cl)cc3)Cc3ccc(-c4ccccc4)cc3)CC2)n[nH]1. The maximum atomic E-state index is 6.09. The number of nitrogens with two attached hydrogens (primary N) is 1. The summed E-state index contributed by atoms with van der Waals surface area (Å²) in [7, 11) is 0. The monoisotopic (exact) mass is 486 g/mol. The van der Waals surface area contributed by atoms with Crippen LogP contribution in [0.3, 0.4) is 0 Å². The molecule has 1 aromatic heterocycles. The predicted octanol–water partition coefficient (Wildman–Crippen LogP) is 5.42. The van der Waals surface area contributed by atoms with E-state index in [4.69, 9.17) is 17.3 Å². The van der Waals surface area contributed by atoms with Gasteiger partial charge in [-0.25, -0.2) is 5.10 Å². The van der Waals surface area contributed by atoms with E-state index in [1.165, 1.54) is 22.3 Å². The van der Waals surface area contributed by atoms with E-state index in [2.05, 4.69) is 91.7 Å². The van der Waals surface area contributed by atoms with Gasteiger partial charge < -0.3 is 10.6 Å². The molecule has 0 spiro atoms. The van der Waals surface area contributed by atoms with Crippen LogP contribution in [0.1, 0.15) is 24.0 Å². The second-order valence-corrected chi connectivity index (χ2v) is 9.59. The molecule has 35 heavy (non-hydrogen) atoms. The minimum absolute atomic E-state index is 0.366. The van der Waals surface area contributed by atoms with E-state index in [0.29, 0.717) is 17.9 Å². The van der Waals surface area contributed by atoms with E-state index < -0.39 is 0 Å². The lowest BCUT2D eigenvalue weighted by Crippen LogP contribution is -2.45. The van der Waals surface area contributed by atoms with Crippen molar-refractivity contribution < 1.29 is 0 Å². The summed E-state index contributed by atoms with van der Waals surface area (Å²) >= 11 is 6.09. The number of rotatable bonds is 8. The van der Waals surface area contributed by atoms with Crippen LogP contribution in [0.2, 0.25) is 5.02 Å². The normalized spacial score (nSPS) is 14.5. The molecule has 1 aliphatic heterocycles. The predicted molar refractivity (Wildman–Crippen MR) is 143 cm³/mol. The molecule has 0 radical (unpaired) electrons. The summed E-state index contributed by atoms with van der Waals surface area (Å²) < 4.78 is 0. The fourth-order valence-corrected chi connectivity index (χ4v) is 4.95. The summed E-state index contributed by atoms with van der Waals surface area (Å²) in [6.07, 6.45) is 3.13. The molecular formula is C28H31ClN6. The molecule has 1 fully saturated rings. The van der Waals surface area contributed by atoms with E-state index in [-0.39, 0.29) is 0 Å². The number of anilines is 2. The first kappa shape index (κ1) is 23.4. The molecular weight excluding hydrogens is 456 g/mol. The number of nitrogens with one attached hydrogen (secondary N) is 1. The van der Waals surface area contributed by atoms with Crippen molar-refractivity contribution in [1.29, 1.82) is 0 Å². The Morgan fingerprint density at radius 3 is 2.20 bits per heavy atom. The average molecular weight is 487 g/mol. The third-order valence-electron chi connectivity index (χ3n) is 6.80. The number of halogens is 1. The highest BCUT2D eigenvalue weighted by Gasteiger charge is 2.26. The van der Waals surface area contributed by atoms with Gasteiger partial charge in [0.25, 0.3) is 0 Å². The Hall–Kier alpha value is -3.35. The summed E-state index contributed by atoms with van der Waals surface area (Å²) in [6, 6.07) is 28.3. The molecule has 0 atom stereocenters. The molecule has 3 N–H and O–H groups in total. The molecule has 1 saturated heterocycles. The molecule has 3 aromatic carbocycles. The largest absolute Gasteiger partial charge is 0.368 e. The quantitative estimate of drug-likeness (QED) is 0.348. The van der Waals surface area contributed by atoms with Gasteiger partial charge in [0.1, 0.15) is 0 Å². The number of aromatic amines is 1. The minimum Gasteiger partial charge on any atom is -0.368 e. The van der Waals surface area contributed by atoms with Crippen LogP contribution < -0.4 is 10.6 Å².